The molecule has 498 valence electrons. The fourth-order valence-electron chi connectivity index (χ4n) is 9.68. The molecule has 6 atom stereocenters. The standard InChI is InChI=1S/C65H126O17P2/c1-7-10-12-14-16-24-29-37-43-49-64(69)81-60(53-75-62(67)47-41-35-28-17-15-13-11-8-2)55-79-83(71,72)77-51-59(66)52-78-84(73,74)80-56-61(54-76-63(68)48-42-36-32-31-33-39-45-57(4)5)82-65(70)50-44-38-30-26-23-21-19-18-20-22-25-27-34-40-46-58(6)9-3/h57-61,66H,7-56H2,1-6H3,(H,71,72)(H,73,74)/t58?,59-,60+,61+/m0/s1. The minimum atomic E-state index is -4.94. The smallest absolute Gasteiger partial charge is 0.462 e. The molecule has 0 aromatic carbocycles. The highest BCUT2D eigenvalue weighted by molar-refractivity contribution is 7.47. The van der Waals surface area contributed by atoms with E-state index in [1.54, 1.807) is 0 Å². The maximum Gasteiger partial charge on any atom is 0.472 e. The topological polar surface area (TPSA) is 237 Å². The van der Waals surface area contributed by atoms with Crippen molar-refractivity contribution in [1.82, 2.24) is 0 Å². The van der Waals surface area contributed by atoms with Crippen LogP contribution in [0.5, 0.6) is 0 Å². The van der Waals surface area contributed by atoms with E-state index in [2.05, 4.69) is 41.5 Å². The van der Waals surface area contributed by atoms with Gasteiger partial charge in [-0.15, -0.1) is 0 Å². The van der Waals surface area contributed by atoms with Gasteiger partial charge in [-0.1, -0.05) is 273 Å². The number of phosphoric ester groups is 2. The second-order valence-corrected chi connectivity index (χ2v) is 27.1. The van der Waals surface area contributed by atoms with Gasteiger partial charge in [-0.25, -0.2) is 9.13 Å². The fourth-order valence-corrected chi connectivity index (χ4v) is 11.3. The van der Waals surface area contributed by atoms with Gasteiger partial charge in [-0.3, -0.25) is 37.3 Å². The van der Waals surface area contributed by atoms with Crippen LogP contribution in [0.15, 0.2) is 0 Å². The summed E-state index contributed by atoms with van der Waals surface area (Å²) in [6.45, 7) is 9.43. The predicted octanol–water partition coefficient (Wildman–Crippen LogP) is 18.0. The van der Waals surface area contributed by atoms with Crippen LogP contribution in [0.1, 0.15) is 324 Å². The SMILES string of the molecule is CCCCCCCCCCCC(=O)O[C@H](COC(=O)CCCCCCCCCC)COP(=O)(O)OC[C@H](O)COP(=O)(O)OC[C@@H](COC(=O)CCCCCCCCC(C)C)OC(=O)CCCCCCCCCCCCCCCCC(C)CC. The molecule has 0 saturated carbocycles. The van der Waals surface area contributed by atoms with Gasteiger partial charge in [-0.2, -0.15) is 0 Å². The second-order valence-electron chi connectivity index (χ2n) is 24.2. The highest BCUT2D eigenvalue weighted by Crippen LogP contribution is 2.45. The number of hydrogen-bond acceptors (Lipinski definition) is 15. The molecule has 0 radical (unpaired) electrons. The van der Waals surface area contributed by atoms with E-state index in [1.807, 2.05) is 0 Å². The summed E-state index contributed by atoms with van der Waals surface area (Å²) in [4.78, 5) is 72.1. The Morgan fingerprint density at radius 3 is 0.905 bits per heavy atom. The number of aliphatic hydroxyl groups is 1. The summed E-state index contributed by atoms with van der Waals surface area (Å²) in [5, 5.41) is 10.5. The molecule has 0 rings (SSSR count). The van der Waals surface area contributed by atoms with Crippen molar-refractivity contribution in [2.75, 3.05) is 39.6 Å². The molecule has 3 unspecified atom stereocenters. The maximum atomic E-state index is 13.0. The Hall–Kier alpha value is -1.94. The van der Waals surface area contributed by atoms with Crippen LogP contribution in [0.3, 0.4) is 0 Å². The third-order valence-corrected chi connectivity index (χ3v) is 17.2. The van der Waals surface area contributed by atoms with Crippen molar-refractivity contribution < 1.29 is 80.2 Å². The number of rotatable bonds is 64. The van der Waals surface area contributed by atoms with Gasteiger partial charge in [-0.05, 0) is 37.5 Å². The zero-order valence-electron chi connectivity index (χ0n) is 54.2. The minimum absolute atomic E-state index is 0.105. The number of phosphoric acid groups is 2. The van der Waals surface area contributed by atoms with Crippen LogP contribution in [0.25, 0.3) is 0 Å². The van der Waals surface area contributed by atoms with Gasteiger partial charge in [0.25, 0.3) is 0 Å². The number of carbonyl (C=O) groups is 4. The molecule has 0 amide bonds. The molecular weight excluding hydrogens is 1110 g/mol. The molecule has 17 nitrogen and oxygen atoms in total. The van der Waals surface area contributed by atoms with Gasteiger partial charge in [0.2, 0.25) is 0 Å². The average Bonchev–Trinajstić information content (AvgIpc) is 3.59. The van der Waals surface area contributed by atoms with Crippen LogP contribution in [-0.4, -0.2) is 96.7 Å². The monoisotopic (exact) mass is 1240 g/mol. The summed E-state index contributed by atoms with van der Waals surface area (Å²) in [5.74, 6) is -0.612. The van der Waals surface area contributed by atoms with Crippen molar-refractivity contribution in [3.8, 4) is 0 Å². The summed E-state index contributed by atoms with van der Waals surface area (Å²) in [5.41, 5.74) is 0. The molecule has 0 fully saturated rings. The van der Waals surface area contributed by atoms with Crippen LogP contribution in [0, 0.1) is 11.8 Å². The zero-order chi connectivity index (χ0) is 62.2. The summed E-state index contributed by atoms with van der Waals surface area (Å²) in [6, 6.07) is 0. The second kappa shape index (κ2) is 57.5. The maximum absolute atomic E-state index is 13.0. The zero-order valence-corrected chi connectivity index (χ0v) is 56.0. The van der Waals surface area contributed by atoms with Gasteiger partial charge in [0.1, 0.15) is 19.3 Å². The fraction of sp³-hybridized carbons (Fsp3) is 0.938. The quantitative estimate of drug-likeness (QED) is 0.0222. The van der Waals surface area contributed by atoms with E-state index in [1.165, 1.54) is 128 Å². The Morgan fingerprint density at radius 2 is 0.607 bits per heavy atom. The first-order chi connectivity index (χ1) is 40.4. The summed E-state index contributed by atoms with van der Waals surface area (Å²) < 4.78 is 67.9. The number of esters is 4. The van der Waals surface area contributed by atoms with Crippen LogP contribution in [0.2, 0.25) is 0 Å². The third kappa shape index (κ3) is 57.8. The molecular formula is C65H126O17P2. The molecule has 84 heavy (non-hydrogen) atoms. The highest BCUT2D eigenvalue weighted by Gasteiger charge is 2.30. The average molecular weight is 1240 g/mol. The van der Waals surface area contributed by atoms with Gasteiger partial charge in [0.05, 0.1) is 26.4 Å². The summed E-state index contributed by atoms with van der Waals surface area (Å²) >= 11 is 0. The van der Waals surface area contributed by atoms with Crippen molar-refractivity contribution in [3.63, 3.8) is 0 Å². The molecule has 0 aliphatic carbocycles. The normalized spacial score (nSPS) is 14.6. The lowest BCUT2D eigenvalue weighted by molar-refractivity contribution is -0.161. The molecule has 3 N–H and O–H groups in total. The van der Waals surface area contributed by atoms with Crippen LogP contribution in [-0.2, 0) is 65.4 Å². The summed E-state index contributed by atoms with van der Waals surface area (Å²) in [6.07, 6.45) is 40.5. The van der Waals surface area contributed by atoms with Crippen molar-refractivity contribution in [2.24, 2.45) is 11.8 Å². The lowest BCUT2D eigenvalue weighted by Gasteiger charge is -2.21. The molecule has 0 bridgehead atoms. The van der Waals surface area contributed by atoms with Crippen LogP contribution < -0.4 is 0 Å². The Kier molecular flexibility index (Phi) is 56.2. The third-order valence-electron chi connectivity index (χ3n) is 15.3. The molecule has 0 aromatic heterocycles. The molecule has 0 spiro atoms. The Morgan fingerprint density at radius 1 is 0.345 bits per heavy atom. The first-order valence-electron chi connectivity index (χ1n) is 34.0. The number of hydrogen-bond donors (Lipinski definition) is 3. The van der Waals surface area contributed by atoms with E-state index in [-0.39, 0.29) is 25.7 Å². The molecule has 0 saturated heterocycles. The number of carbonyl (C=O) groups excluding carboxylic acids is 4. The lowest BCUT2D eigenvalue weighted by atomic mass is 9.99. The van der Waals surface area contributed by atoms with Crippen molar-refractivity contribution >= 4 is 39.5 Å². The van der Waals surface area contributed by atoms with E-state index in [4.69, 9.17) is 37.0 Å². The number of aliphatic hydroxyl groups excluding tert-OH is 1. The lowest BCUT2D eigenvalue weighted by Crippen LogP contribution is -2.30. The van der Waals surface area contributed by atoms with Crippen molar-refractivity contribution in [1.29, 1.82) is 0 Å². The van der Waals surface area contributed by atoms with Gasteiger partial charge in [0, 0.05) is 25.7 Å². The largest absolute Gasteiger partial charge is 0.472 e. The summed E-state index contributed by atoms with van der Waals surface area (Å²) in [7, 11) is -9.88. The van der Waals surface area contributed by atoms with E-state index in [0.29, 0.717) is 31.6 Å². The molecule has 0 aliphatic heterocycles. The first kappa shape index (κ1) is 82.1. The van der Waals surface area contributed by atoms with E-state index < -0.39 is 97.5 Å². The van der Waals surface area contributed by atoms with Crippen LogP contribution >= 0.6 is 15.6 Å². The molecule has 0 aromatic rings. The van der Waals surface area contributed by atoms with Crippen molar-refractivity contribution in [2.45, 2.75) is 342 Å². The van der Waals surface area contributed by atoms with Gasteiger partial charge in [0.15, 0.2) is 12.2 Å². The van der Waals surface area contributed by atoms with Crippen molar-refractivity contribution in [3.05, 3.63) is 0 Å². The van der Waals surface area contributed by atoms with Gasteiger partial charge >= 0.3 is 39.5 Å². The van der Waals surface area contributed by atoms with E-state index >= 15 is 0 Å². The Balaban J connectivity index is 5.16. The Labute approximate surface area is 511 Å². The molecule has 0 heterocycles. The van der Waals surface area contributed by atoms with E-state index in [0.717, 1.165) is 109 Å². The van der Waals surface area contributed by atoms with Crippen LogP contribution in [0.4, 0.5) is 0 Å². The Bertz CT molecular complexity index is 1650. The van der Waals surface area contributed by atoms with E-state index in [9.17, 15) is 43.2 Å². The number of ether oxygens (including phenoxy) is 4. The molecule has 19 heteroatoms. The minimum Gasteiger partial charge on any atom is -0.462 e. The number of unbranched alkanes of at least 4 members (excludes halogenated alkanes) is 33. The molecule has 0 aliphatic rings. The predicted molar refractivity (Wildman–Crippen MR) is 335 cm³/mol. The van der Waals surface area contributed by atoms with Gasteiger partial charge < -0.3 is 33.8 Å². The first-order valence-corrected chi connectivity index (χ1v) is 37.0. The highest BCUT2D eigenvalue weighted by atomic mass is 31.2.